The number of hydrogen-bond donors (Lipinski definition) is 2. The fraction of sp³-hybridized carbons (Fsp3) is 0.357. The first-order chi connectivity index (χ1) is 9.33. The van der Waals surface area contributed by atoms with E-state index in [2.05, 4.69) is 20.3 Å². The summed E-state index contributed by atoms with van der Waals surface area (Å²) in [7, 11) is 0. The molecule has 2 aromatic rings. The number of hydrogen-bond acceptors (Lipinski definition) is 4. The van der Waals surface area contributed by atoms with E-state index in [4.69, 9.17) is 0 Å². The average molecular weight is 256 g/mol. The van der Waals surface area contributed by atoms with E-state index in [0.29, 0.717) is 12.5 Å². The van der Waals surface area contributed by atoms with Crippen LogP contribution in [0.25, 0.3) is 0 Å². The maximum Gasteiger partial charge on any atom is 0.255 e. The average Bonchev–Trinajstić information content (AvgIpc) is 2.46. The van der Waals surface area contributed by atoms with Crippen molar-refractivity contribution in [3.05, 3.63) is 51.7 Å². The second kappa shape index (κ2) is 5.22. The van der Waals surface area contributed by atoms with Gasteiger partial charge in [-0.25, -0.2) is 4.98 Å². The summed E-state index contributed by atoms with van der Waals surface area (Å²) in [5.74, 6) is 0.550. The number of aromatic nitrogens is 3. The van der Waals surface area contributed by atoms with Crippen molar-refractivity contribution in [3.63, 3.8) is 0 Å². The highest BCUT2D eigenvalue weighted by Crippen LogP contribution is 2.16. The molecule has 0 amide bonds. The Hall–Kier alpha value is -2.17. The van der Waals surface area contributed by atoms with Gasteiger partial charge in [-0.05, 0) is 37.3 Å². The lowest BCUT2D eigenvalue weighted by Crippen LogP contribution is -2.22. The minimum Gasteiger partial charge on any atom is -0.352 e. The number of pyridine rings is 1. The fourth-order valence-corrected chi connectivity index (χ4v) is 2.38. The second-order valence-electron chi connectivity index (χ2n) is 4.76. The SMILES string of the molecule is O=c1[nH]c(NCc2cccnc2)nc2c1CCCC2. The Balaban J connectivity index is 1.78. The summed E-state index contributed by atoms with van der Waals surface area (Å²) in [5, 5.41) is 3.15. The fourth-order valence-electron chi connectivity index (χ4n) is 2.38. The topological polar surface area (TPSA) is 70.7 Å². The van der Waals surface area contributed by atoms with Gasteiger partial charge in [0, 0.05) is 24.5 Å². The van der Waals surface area contributed by atoms with Gasteiger partial charge in [0.1, 0.15) is 0 Å². The Morgan fingerprint density at radius 1 is 1.32 bits per heavy atom. The Morgan fingerprint density at radius 3 is 3.05 bits per heavy atom. The van der Waals surface area contributed by atoms with E-state index in [-0.39, 0.29) is 5.56 Å². The first-order valence-corrected chi connectivity index (χ1v) is 6.58. The molecule has 0 unspecified atom stereocenters. The molecule has 1 aliphatic rings. The molecular formula is C14H16N4O. The Morgan fingerprint density at radius 2 is 2.21 bits per heavy atom. The summed E-state index contributed by atoms with van der Waals surface area (Å²) in [5.41, 5.74) is 2.86. The monoisotopic (exact) mass is 256 g/mol. The predicted octanol–water partition coefficient (Wildman–Crippen LogP) is 1.66. The van der Waals surface area contributed by atoms with Gasteiger partial charge in [-0.2, -0.15) is 0 Å². The van der Waals surface area contributed by atoms with Crippen molar-refractivity contribution in [2.24, 2.45) is 0 Å². The summed E-state index contributed by atoms with van der Waals surface area (Å²) < 4.78 is 0. The molecule has 0 saturated carbocycles. The van der Waals surface area contributed by atoms with Crippen LogP contribution in [-0.2, 0) is 19.4 Å². The third kappa shape index (κ3) is 2.65. The van der Waals surface area contributed by atoms with Crippen LogP contribution in [0, 0.1) is 0 Å². The summed E-state index contributed by atoms with van der Waals surface area (Å²) in [6.45, 7) is 0.607. The van der Waals surface area contributed by atoms with Crippen LogP contribution in [0.4, 0.5) is 5.95 Å². The molecule has 3 rings (SSSR count). The van der Waals surface area contributed by atoms with Crippen LogP contribution in [0.2, 0.25) is 0 Å². The Labute approximate surface area is 111 Å². The molecule has 0 aromatic carbocycles. The van der Waals surface area contributed by atoms with Crippen LogP contribution in [0.3, 0.4) is 0 Å². The quantitative estimate of drug-likeness (QED) is 0.876. The summed E-state index contributed by atoms with van der Waals surface area (Å²) >= 11 is 0. The third-order valence-corrected chi connectivity index (χ3v) is 3.37. The van der Waals surface area contributed by atoms with Crippen molar-refractivity contribution in [2.45, 2.75) is 32.2 Å². The van der Waals surface area contributed by atoms with E-state index in [1.165, 1.54) is 0 Å². The molecule has 98 valence electrons. The van der Waals surface area contributed by atoms with Gasteiger partial charge in [0.05, 0.1) is 5.69 Å². The molecule has 1 aliphatic carbocycles. The second-order valence-corrected chi connectivity index (χ2v) is 4.76. The largest absolute Gasteiger partial charge is 0.352 e. The predicted molar refractivity (Wildman–Crippen MR) is 73.1 cm³/mol. The number of aryl methyl sites for hydroxylation is 1. The van der Waals surface area contributed by atoms with Gasteiger partial charge in [0.2, 0.25) is 5.95 Å². The van der Waals surface area contributed by atoms with E-state index in [1.54, 1.807) is 12.4 Å². The minimum absolute atomic E-state index is 0.00149. The Kier molecular flexibility index (Phi) is 3.27. The zero-order valence-corrected chi connectivity index (χ0v) is 10.6. The van der Waals surface area contributed by atoms with Gasteiger partial charge in [-0.3, -0.25) is 14.8 Å². The molecule has 2 N–H and O–H groups in total. The lowest BCUT2D eigenvalue weighted by atomic mass is 9.97. The molecule has 5 heteroatoms. The minimum atomic E-state index is -0.00149. The van der Waals surface area contributed by atoms with Gasteiger partial charge < -0.3 is 5.32 Å². The van der Waals surface area contributed by atoms with Crippen molar-refractivity contribution < 1.29 is 0 Å². The lowest BCUT2D eigenvalue weighted by molar-refractivity contribution is 0.657. The molecule has 0 bridgehead atoms. The third-order valence-electron chi connectivity index (χ3n) is 3.37. The molecule has 0 saturated heterocycles. The summed E-state index contributed by atoms with van der Waals surface area (Å²) in [6, 6.07) is 3.87. The number of nitrogens with zero attached hydrogens (tertiary/aromatic N) is 2. The summed E-state index contributed by atoms with van der Waals surface area (Å²) in [6.07, 6.45) is 7.49. The zero-order valence-electron chi connectivity index (χ0n) is 10.6. The number of fused-ring (bicyclic) bond motifs is 1. The zero-order chi connectivity index (χ0) is 13.1. The highest BCUT2D eigenvalue weighted by atomic mass is 16.1. The smallest absolute Gasteiger partial charge is 0.255 e. The number of H-pyrrole nitrogens is 1. The standard InChI is InChI=1S/C14H16N4O/c19-13-11-5-1-2-6-12(11)17-14(18-13)16-9-10-4-3-7-15-8-10/h3-4,7-8H,1-2,5-6,9H2,(H2,16,17,18,19). The molecule has 0 spiro atoms. The molecule has 19 heavy (non-hydrogen) atoms. The van der Waals surface area contributed by atoms with E-state index < -0.39 is 0 Å². The molecular weight excluding hydrogens is 240 g/mol. The maximum atomic E-state index is 11.9. The van der Waals surface area contributed by atoms with Gasteiger partial charge in [-0.15, -0.1) is 0 Å². The van der Waals surface area contributed by atoms with Gasteiger partial charge >= 0.3 is 0 Å². The maximum absolute atomic E-state index is 11.9. The van der Waals surface area contributed by atoms with Crippen molar-refractivity contribution in [1.82, 2.24) is 15.0 Å². The highest BCUT2D eigenvalue weighted by Gasteiger charge is 2.15. The van der Waals surface area contributed by atoms with E-state index in [1.807, 2.05) is 12.1 Å². The van der Waals surface area contributed by atoms with Gasteiger partial charge in [0.25, 0.3) is 5.56 Å². The van der Waals surface area contributed by atoms with Crippen LogP contribution < -0.4 is 10.9 Å². The van der Waals surface area contributed by atoms with Crippen molar-refractivity contribution >= 4 is 5.95 Å². The van der Waals surface area contributed by atoms with Gasteiger partial charge in [-0.1, -0.05) is 6.07 Å². The van der Waals surface area contributed by atoms with E-state index in [0.717, 1.165) is 42.5 Å². The van der Waals surface area contributed by atoms with Crippen LogP contribution in [-0.4, -0.2) is 15.0 Å². The molecule has 2 heterocycles. The van der Waals surface area contributed by atoms with Crippen LogP contribution >= 0.6 is 0 Å². The number of aromatic amines is 1. The summed E-state index contributed by atoms with van der Waals surface area (Å²) in [4.78, 5) is 23.3. The molecule has 0 atom stereocenters. The molecule has 0 fully saturated rings. The van der Waals surface area contributed by atoms with E-state index >= 15 is 0 Å². The van der Waals surface area contributed by atoms with Crippen LogP contribution in [0.15, 0.2) is 29.3 Å². The normalized spacial score (nSPS) is 13.9. The molecule has 2 aromatic heterocycles. The highest BCUT2D eigenvalue weighted by molar-refractivity contribution is 5.32. The van der Waals surface area contributed by atoms with Gasteiger partial charge in [0.15, 0.2) is 0 Å². The lowest BCUT2D eigenvalue weighted by Gasteiger charge is -2.15. The number of nitrogens with one attached hydrogen (secondary N) is 2. The van der Waals surface area contributed by atoms with Crippen LogP contribution in [0.1, 0.15) is 29.7 Å². The van der Waals surface area contributed by atoms with E-state index in [9.17, 15) is 4.79 Å². The molecule has 0 radical (unpaired) electrons. The molecule has 5 nitrogen and oxygen atoms in total. The van der Waals surface area contributed by atoms with Crippen molar-refractivity contribution in [1.29, 1.82) is 0 Å². The number of rotatable bonds is 3. The van der Waals surface area contributed by atoms with Crippen molar-refractivity contribution in [2.75, 3.05) is 5.32 Å². The Bertz CT molecular complexity index is 621. The molecule has 0 aliphatic heterocycles. The number of anilines is 1. The first kappa shape index (κ1) is 11.9. The first-order valence-electron chi connectivity index (χ1n) is 6.58. The van der Waals surface area contributed by atoms with Crippen LogP contribution in [0.5, 0.6) is 0 Å². The van der Waals surface area contributed by atoms with Crippen molar-refractivity contribution in [3.8, 4) is 0 Å².